The molecule has 1 fully saturated rings. The fourth-order valence-electron chi connectivity index (χ4n) is 2.55. The van der Waals surface area contributed by atoms with Crippen molar-refractivity contribution in [3.05, 3.63) is 40.9 Å². The minimum atomic E-state index is -0.429. The Morgan fingerprint density at radius 2 is 1.64 bits per heavy atom. The van der Waals surface area contributed by atoms with E-state index in [2.05, 4.69) is 44.2 Å². The summed E-state index contributed by atoms with van der Waals surface area (Å²) in [5.74, 6) is 1.08. The molecule has 0 bridgehead atoms. The van der Waals surface area contributed by atoms with Gasteiger partial charge >= 0.3 is 7.12 Å². The van der Waals surface area contributed by atoms with E-state index in [0.29, 0.717) is 11.7 Å². The molecule has 3 nitrogen and oxygen atoms in total. The molecule has 2 rings (SSSR count). The van der Waals surface area contributed by atoms with Gasteiger partial charge in [0.1, 0.15) is 0 Å². The van der Waals surface area contributed by atoms with Crippen LogP contribution in [0.2, 0.25) is 0 Å². The predicted octanol–water partition coefficient (Wildman–Crippen LogP) is 5.10. The largest absolute Gasteiger partial charge is 0.491 e. The number of carbonyl (C=O) groups excluding carboxylic acids is 1. The van der Waals surface area contributed by atoms with Crippen molar-refractivity contribution < 1.29 is 14.1 Å². The molecule has 0 N–H and O–H groups in total. The van der Waals surface area contributed by atoms with Crippen molar-refractivity contribution in [3.8, 4) is 0 Å². The maximum Gasteiger partial charge on any atom is 0.491 e. The normalized spacial score (nSPS) is 19.5. The highest BCUT2D eigenvalue weighted by atomic mass is 32.2. The van der Waals surface area contributed by atoms with Gasteiger partial charge in [0.15, 0.2) is 5.12 Å². The van der Waals surface area contributed by atoms with Crippen molar-refractivity contribution in [3.63, 3.8) is 0 Å². The molecule has 136 valence electrons. The van der Waals surface area contributed by atoms with Gasteiger partial charge in [0, 0.05) is 12.7 Å². The van der Waals surface area contributed by atoms with E-state index >= 15 is 0 Å². The van der Waals surface area contributed by atoms with Crippen LogP contribution < -0.4 is 0 Å². The van der Waals surface area contributed by atoms with E-state index in [1.54, 1.807) is 6.92 Å². The Morgan fingerprint density at radius 1 is 1.12 bits per heavy atom. The molecule has 5 heteroatoms. The molecular weight excluding hydrogens is 331 g/mol. The third kappa shape index (κ3) is 4.99. The minimum absolute atomic E-state index is 0.0950. The highest BCUT2D eigenvalue weighted by Crippen LogP contribution is 2.39. The van der Waals surface area contributed by atoms with Gasteiger partial charge in [0.2, 0.25) is 0 Å². The smallest absolute Gasteiger partial charge is 0.400 e. The van der Waals surface area contributed by atoms with Crippen molar-refractivity contribution in [2.45, 2.75) is 65.6 Å². The number of benzene rings is 1. The fourth-order valence-corrected chi connectivity index (χ4v) is 3.14. The summed E-state index contributed by atoms with van der Waals surface area (Å²) >= 11 is 1.29. The number of thioether (sulfide) groups is 1. The topological polar surface area (TPSA) is 35.5 Å². The second-order valence-corrected chi connectivity index (χ2v) is 9.06. The van der Waals surface area contributed by atoms with Crippen LogP contribution in [-0.2, 0) is 14.1 Å². The van der Waals surface area contributed by atoms with E-state index in [4.69, 9.17) is 9.31 Å². The Labute approximate surface area is 156 Å². The lowest BCUT2D eigenvalue weighted by Gasteiger charge is -2.32. The first-order valence-electron chi connectivity index (χ1n) is 8.81. The summed E-state index contributed by atoms with van der Waals surface area (Å²) in [6.07, 6.45) is 2.09. The average molecular weight is 360 g/mol. The van der Waals surface area contributed by atoms with Crippen LogP contribution in [0.1, 0.15) is 65.5 Å². The van der Waals surface area contributed by atoms with Crippen LogP contribution in [0.25, 0.3) is 6.08 Å². The lowest BCUT2D eigenvalue weighted by atomic mass is 9.78. The Kier molecular flexibility index (Phi) is 6.24. The molecule has 0 aromatic heterocycles. The van der Waals surface area contributed by atoms with Gasteiger partial charge in [0.25, 0.3) is 0 Å². The molecular formula is C20H29BO3S. The van der Waals surface area contributed by atoms with Gasteiger partial charge in [-0.3, -0.25) is 4.79 Å². The van der Waals surface area contributed by atoms with E-state index in [1.807, 2.05) is 27.7 Å². The van der Waals surface area contributed by atoms with Crippen molar-refractivity contribution in [2.75, 3.05) is 5.75 Å². The average Bonchev–Trinajstić information content (AvgIpc) is 2.72. The second-order valence-electron chi connectivity index (χ2n) is 7.91. The van der Waals surface area contributed by atoms with Crippen molar-refractivity contribution in [1.82, 2.24) is 0 Å². The summed E-state index contributed by atoms with van der Waals surface area (Å²) in [5.41, 5.74) is 2.61. The zero-order valence-corrected chi connectivity index (χ0v) is 17.2. The minimum Gasteiger partial charge on any atom is -0.400 e. The molecule has 1 aliphatic rings. The first kappa shape index (κ1) is 20.3. The van der Waals surface area contributed by atoms with Gasteiger partial charge in [-0.25, -0.2) is 0 Å². The lowest BCUT2D eigenvalue weighted by molar-refractivity contribution is -0.109. The van der Waals surface area contributed by atoms with Gasteiger partial charge in [0.05, 0.1) is 11.2 Å². The molecule has 0 unspecified atom stereocenters. The maximum absolute atomic E-state index is 11.4. The molecule has 25 heavy (non-hydrogen) atoms. The van der Waals surface area contributed by atoms with Crippen LogP contribution in [0.5, 0.6) is 0 Å². The quantitative estimate of drug-likeness (QED) is 0.684. The van der Waals surface area contributed by atoms with E-state index in [9.17, 15) is 4.79 Å². The Hall–Kier alpha value is -1.04. The van der Waals surface area contributed by atoms with Gasteiger partial charge in [-0.2, -0.15) is 0 Å². The number of carbonyl (C=O) groups is 1. The van der Waals surface area contributed by atoms with Gasteiger partial charge < -0.3 is 9.31 Å². The third-order valence-electron chi connectivity index (χ3n) is 4.95. The zero-order valence-electron chi connectivity index (χ0n) is 16.4. The van der Waals surface area contributed by atoms with Gasteiger partial charge in [-0.15, -0.1) is 0 Å². The van der Waals surface area contributed by atoms with Crippen LogP contribution in [0.3, 0.4) is 0 Å². The van der Waals surface area contributed by atoms with Crippen molar-refractivity contribution in [2.24, 2.45) is 0 Å². The monoisotopic (exact) mass is 360 g/mol. The summed E-state index contributed by atoms with van der Waals surface area (Å²) in [4.78, 5) is 11.4. The first-order valence-corrected chi connectivity index (χ1v) is 9.80. The van der Waals surface area contributed by atoms with E-state index in [-0.39, 0.29) is 16.3 Å². The first-order chi connectivity index (χ1) is 11.5. The highest BCUT2D eigenvalue weighted by molar-refractivity contribution is 8.13. The SMILES string of the molecule is CC(=O)SCC(=Cc1ccc(C(C)C)cc1)B1OC(C)(C)C(C)(C)O1. The molecule has 0 saturated carbocycles. The van der Waals surface area contributed by atoms with Gasteiger partial charge in [-0.05, 0) is 50.2 Å². The van der Waals surface area contributed by atoms with E-state index in [1.165, 1.54) is 17.3 Å². The number of hydrogen-bond acceptors (Lipinski definition) is 4. The molecule has 1 aromatic carbocycles. The number of hydrogen-bond donors (Lipinski definition) is 0. The van der Waals surface area contributed by atoms with Crippen molar-refractivity contribution in [1.29, 1.82) is 0 Å². The highest BCUT2D eigenvalue weighted by Gasteiger charge is 2.52. The summed E-state index contributed by atoms with van der Waals surface area (Å²) in [7, 11) is -0.429. The van der Waals surface area contributed by atoms with Crippen LogP contribution in [0.15, 0.2) is 29.7 Å². The molecule has 0 amide bonds. The summed E-state index contributed by atoms with van der Waals surface area (Å²) in [6, 6.07) is 8.52. The van der Waals surface area contributed by atoms with E-state index < -0.39 is 7.12 Å². The Bertz CT molecular complexity index is 631. The molecule has 0 spiro atoms. The molecule has 0 atom stereocenters. The summed E-state index contributed by atoms with van der Waals surface area (Å²) < 4.78 is 12.4. The molecule has 0 aliphatic carbocycles. The fraction of sp³-hybridized carbons (Fsp3) is 0.550. The standard InChI is InChI=1S/C20H29BO3S/c1-14(2)17-10-8-16(9-11-17)12-18(13-25-15(3)22)21-23-19(4,5)20(6,7)24-21/h8-12,14H,13H2,1-7H3. The maximum atomic E-state index is 11.4. The Morgan fingerprint density at radius 3 is 2.08 bits per heavy atom. The zero-order chi connectivity index (χ0) is 18.8. The van der Waals surface area contributed by atoms with E-state index in [0.717, 1.165) is 11.0 Å². The Balaban J connectivity index is 2.28. The summed E-state index contributed by atoms with van der Waals surface area (Å²) in [6.45, 7) is 14.1. The van der Waals surface area contributed by atoms with Gasteiger partial charge in [-0.1, -0.05) is 56.0 Å². The molecule has 1 aromatic rings. The summed E-state index contributed by atoms with van der Waals surface area (Å²) in [5, 5.41) is 0.0950. The third-order valence-corrected chi connectivity index (χ3v) is 5.84. The molecule has 1 aliphatic heterocycles. The van der Waals surface area contributed by atoms with Crippen LogP contribution in [0, 0.1) is 0 Å². The van der Waals surface area contributed by atoms with Crippen LogP contribution in [-0.4, -0.2) is 29.2 Å². The van der Waals surface area contributed by atoms with Crippen molar-refractivity contribution >= 4 is 30.1 Å². The number of rotatable bonds is 5. The molecule has 1 heterocycles. The molecule has 1 saturated heterocycles. The second kappa shape index (κ2) is 7.69. The van der Waals surface area contributed by atoms with Crippen LogP contribution >= 0.6 is 11.8 Å². The lowest BCUT2D eigenvalue weighted by Crippen LogP contribution is -2.41. The predicted molar refractivity (Wildman–Crippen MR) is 108 cm³/mol. The van der Waals surface area contributed by atoms with Crippen LogP contribution in [0.4, 0.5) is 0 Å². The molecule has 0 radical (unpaired) electrons.